The van der Waals surface area contributed by atoms with Crippen LogP contribution in [0, 0.1) is 0 Å². The van der Waals surface area contributed by atoms with Crippen molar-refractivity contribution >= 4 is 39.9 Å². The number of fused-ring (bicyclic) bond motifs is 1. The monoisotopic (exact) mass is 343 g/mol. The third-order valence-electron chi connectivity index (χ3n) is 3.84. The molecule has 0 saturated carbocycles. The van der Waals surface area contributed by atoms with Crippen LogP contribution in [-0.2, 0) is 13.5 Å². The largest absolute Gasteiger partial charge is 0.396 e. The van der Waals surface area contributed by atoms with Crippen LogP contribution in [0.4, 0.5) is 5.69 Å². The molecule has 2 rings (SSSR count). The summed E-state index contributed by atoms with van der Waals surface area (Å²) in [5, 5.41) is 8.90. The highest BCUT2D eigenvalue weighted by molar-refractivity contribution is 6.18. The molecule has 0 atom stereocenters. The lowest BCUT2D eigenvalue weighted by atomic mass is 10.2. The van der Waals surface area contributed by atoms with Gasteiger partial charge in [0.05, 0.1) is 11.0 Å². The molecule has 4 nitrogen and oxygen atoms in total. The van der Waals surface area contributed by atoms with E-state index in [4.69, 9.17) is 33.3 Å². The quantitative estimate of drug-likeness (QED) is 0.561. The molecule has 0 aliphatic heterocycles. The second kappa shape index (κ2) is 8.61. The third kappa shape index (κ3) is 4.06. The standard InChI is InChI=1S/C16H23Cl2N3O/c1-20-15-6-5-13(21(9-7-17)10-8-18)12-14(15)19-16(20)4-2-3-11-22/h5-6,12,22H,2-4,7-11H2,1H3. The number of anilines is 1. The fourth-order valence-electron chi connectivity index (χ4n) is 2.63. The zero-order chi connectivity index (χ0) is 15.9. The summed E-state index contributed by atoms with van der Waals surface area (Å²) in [6, 6.07) is 6.30. The van der Waals surface area contributed by atoms with E-state index >= 15 is 0 Å². The summed E-state index contributed by atoms with van der Waals surface area (Å²) in [7, 11) is 2.04. The summed E-state index contributed by atoms with van der Waals surface area (Å²) < 4.78 is 2.13. The minimum Gasteiger partial charge on any atom is -0.396 e. The maximum absolute atomic E-state index is 8.90. The fourth-order valence-corrected chi connectivity index (χ4v) is 3.04. The molecular formula is C16H23Cl2N3O. The summed E-state index contributed by atoms with van der Waals surface area (Å²) in [6.07, 6.45) is 2.65. The molecule has 2 aromatic rings. The molecule has 0 radical (unpaired) electrons. The van der Waals surface area contributed by atoms with E-state index in [0.717, 1.165) is 54.9 Å². The Morgan fingerprint density at radius 3 is 2.55 bits per heavy atom. The van der Waals surface area contributed by atoms with E-state index in [-0.39, 0.29) is 6.61 Å². The van der Waals surface area contributed by atoms with Gasteiger partial charge >= 0.3 is 0 Å². The van der Waals surface area contributed by atoms with Gasteiger partial charge in [-0.2, -0.15) is 0 Å². The summed E-state index contributed by atoms with van der Waals surface area (Å²) in [5.41, 5.74) is 3.22. The van der Waals surface area contributed by atoms with Gasteiger partial charge in [0.25, 0.3) is 0 Å². The summed E-state index contributed by atoms with van der Waals surface area (Å²) >= 11 is 11.8. The number of nitrogens with zero attached hydrogens (tertiary/aromatic N) is 3. The van der Waals surface area contributed by atoms with Crippen LogP contribution < -0.4 is 4.90 Å². The SMILES string of the molecule is Cn1c(CCCCO)nc2cc(N(CCCl)CCCl)ccc21. The van der Waals surface area contributed by atoms with Gasteiger partial charge in [-0.15, -0.1) is 23.2 Å². The molecular weight excluding hydrogens is 321 g/mol. The zero-order valence-electron chi connectivity index (χ0n) is 12.9. The fraction of sp³-hybridized carbons (Fsp3) is 0.562. The summed E-state index contributed by atoms with van der Waals surface area (Å²) in [6.45, 7) is 1.78. The first kappa shape index (κ1) is 17.4. The average Bonchev–Trinajstić information content (AvgIpc) is 2.83. The number of aryl methyl sites for hydroxylation is 2. The number of imidazole rings is 1. The first-order valence-corrected chi connectivity index (χ1v) is 8.71. The number of alkyl halides is 2. The van der Waals surface area contributed by atoms with E-state index in [0.29, 0.717) is 11.8 Å². The van der Waals surface area contributed by atoms with Gasteiger partial charge in [-0.1, -0.05) is 0 Å². The molecule has 6 heteroatoms. The van der Waals surface area contributed by atoms with Crippen molar-refractivity contribution in [1.82, 2.24) is 9.55 Å². The van der Waals surface area contributed by atoms with Crippen LogP contribution in [-0.4, -0.2) is 46.1 Å². The Labute approximate surface area is 141 Å². The number of rotatable bonds is 9. The number of hydrogen-bond acceptors (Lipinski definition) is 3. The van der Waals surface area contributed by atoms with E-state index < -0.39 is 0 Å². The predicted octanol–water partition coefficient (Wildman–Crippen LogP) is 3.17. The number of halogens is 2. The number of benzene rings is 1. The lowest BCUT2D eigenvalue weighted by Crippen LogP contribution is -2.27. The van der Waals surface area contributed by atoms with Crippen LogP contribution in [0.25, 0.3) is 11.0 Å². The summed E-state index contributed by atoms with van der Waals surface area (Å²) in [4.78, 5) is 6.92. The van der Waals surface area contributed by atoms with E-state index in [9.17, 15) is 0 Å². The molecule has 1 N–H and O–H groups in total. The first-order valence-electron chi connectivity index (χ1n) is 7.64. The van der Waals surface area contributed by atoms with Crippen LogP contribution in [0.2, 0.25) is 0 Å². The van der Waals surface area contributed by atoms with Crippen LogP contribution in [0.5, 0.6) is 0 Å². The van der Waals surface area contributed by atoms with E-state index in [1.807, 2.05) is 7.05 Å². The predicted molar refractivity (Wildman–Crippen MR) is 94.4 cm³/mol. The lowest BCUT2D eigenvalue weighted by Gasteiger charge is -2.22. The Morgan fingerprint density at radius 2 is 1.91 bits per heavy atom. The number of aliphatic hydroxyl groups is 1. The molecule has 1 aromatic carbocycles. The Balaban J connectivity index is 2.25. The van der Waals surface area contributed by atoms with Crippen molar-refractivity contribution in [3.05, 3.63) is 24.0 Å². The Hall–Kier alpha value is -0.970. The van der Waals surface area contributed by atoms with Gasteiger partial charge in [0.2, 0.25) is 0 Å². The lowest BCUT2D eigenvalue weighted by molar-refractivity contribution is 0.284. The third-order valence-corrected chi connectivity index (χ3v) is 4.18. The zero-order valence-corrected chi connectivity index (χ0v) is 14.4. The van der Waals surface area contributed by atoms with Gasteiger partial charge in [0.15, 0.2) is 0 Å². The average molecular weight is 344 g/mol. The second-order valence-electron chi connectivity index (χ2n) is 5.31. The van der Waals surface area contributed by atoms with Crippen LogP contribution in [0.1, 0.15) is 18.7 Å². The second-order valence-corrected chi connectivity index (χ2v) is 6.06. The van der Waals surface area contributed by atoms with E-state index in [1.54, 1.807) is 0 Å². The minimum atomic E-state index is 0.236. The van der Waals surface area contributed by atoms with Crippen LogP contribution in [0.3, 0.4) is 0 Å². The number of unbranched alkanes of at least 4 members (excludes halogenated alkanes) is 1. The van der Waals surface area contributed by atoms with Gasteiger partial charge in [0, 0.05) is 50.6 Å². The Morgan fingerprint density at radius 1 is 1.18 bits per heavy atom. The van der Waals surface area contributed by atoms with Gasteiger partial charge in [-0.05, 0) is 31.0 Å². The van der Waals surface area contributed by atoms with E-state index in [1.165, 1.54) is 0 Å². The van der Waals surface area contributed by atoms with Crippen LogP contribution >= 0.6 is 23.2 Å². The van der Waals surface area contributed by atoms with E-state index in [2.05, 4.69) is 27.7 Å². The molecule has 1 heterocycles. The first-order chi connectivity index (χ1) is 10.7. The van der Waals surface area contributed by atoms with Crippen molar-refractivity contribution < 1.29 is 5.11 Å². The molecule has 0 saturated heterocycles. The molecule has 22 heavy (non-hydrogen) atoms. The minimum absolute atomic E-state index is 0.236. The molecule has 0 amide bonds. The van der Waals surface area contributed by atoms with Crippen molar-refractivity contribution in [2.75, 3.05) is 36.4 Å². The van der Waals surface area contributed by atoms with Gasteiger partial charge in [-0.3, -0.25) is 0 Å². The normalized spacial score (nSPS) is 11.3. The van der Waals surface area contributed by atoms with Crippen molar-refractivity contribution in [1.29, 1.82) is 0 Å². The molecule has 1 aromatic heterocycles. The van der Waals surface area contributed by atoms with Gasteiger partial charge in [0.1, 0.15) is 5.82 Å². The summed E-state index contributed by atoms with van der Waals surface area (Å²) in [5.74, 6) is 2.20. The highest BCUT2D eigenvalue weighted by Crippen LogP contribution is 2.23. The molecule has 0 fully saturated rings. The highest BCUT2D eigenvalue weighted by Gasteiger charge is 2.11. The van der Waals surface area contributed by atoms with Crippen molar-refractivity contribution in [3.8, 4) is 0 Å². The van der Waals surface area contributed by atoms with Crippen molar-refractivity contribution in [2.45, 2.75) is 19.3 Å². The highest BCUT2D eigenvalue weighted by atomic mass is 35.5. The maximum Gasteiger partial charge on any atom is 0.109 e. The van der Waals surface area contributed by atoms with Gasteiger partial charge < -0.3 is 14.6 Å². The number of aromatic nitrogens is 2. The smallest absolute Gasteiger partial charge is 0.109 e. The topological polar surface area (TPSA) is 41.3 Å². The van der Waals surface area contributed by atoms with Gasteiger partial charge in [-0.25, -0.2) is 4.98 Å². The van der Waals surface area contributed by atoms with Crippen molar-refractivity contribution in [3.63, 3.8) is 0 Å². The Kier molecular flexibility index (Phi) is 6.80. The molecule has 0 bridgehead atoms. The maximum atomic E-state index is 8.90. The van der Waals surface area contributed by atoms with Crippen LogP contribution in [0.15, 0.2) is 18.2 Å². The van der Waals surface area contributed by atoms with Crippen molar-refractivity contribution in [2.24, 2.45) is 7.05 Å². The number of hydrogen-bond donors (Lipinski definition) is 1. The molecule has 0 aliphatic rings. The molecule has 0 spiro atoms. The molecule has 0 unspecified atom stereocenters. The number of aliphatic hydroxyl groups excluding tert-OH is 1. The molecule has 0 aliphatic carbocycles. The Bertz CT molecular complexity index is 594. The molecule has 122 valence electrons.